The van der Waals surface area contributed by atoms with Gasteiger partial charge < -0.3 is 0 Å². The van der Waals surface area contributed by atoms with Gasteiger partial charge in [-0.1, -0.05) is 71.4 Å². The standard InChI is InChI=1S/C17H11Cl2NOS2/c1-10-4-2-6-12(8-10)20-16(21)14(23-17(20)22)9-11-5-3-7-13(18)15(11)19/h2-9H,1H3/b14-9-. The van der Waals surface area contributed by atoms with E-state index in [1.54, 1.807) is 18.2 Å². The van der Waals surface area contributed by atoms with Crippen LogP contribution in [-0.4, -0.2) is 10.2 Å². The highest BCUT2D eigenvalue weighted by molar-refractivity contribution is 8.27. The topological polar surface area (TPSA) is 20.3 Å². The summed E-state index contributed by atoms with van der Waals surface area (Å²) in [5.74, 6) is -0.151. The second-order valence-electron chi connectivity index (χ2n) is 5.00. The van der Waals surface area contributed by atoms with Gasteiger partial charge in [-0.05, 0) is 42.3 Å². The number of nitrogens with zero attached hydrogens (tertiary/aromatic N) is 1. The van der Waals surface area contributed by atoms with Crippen molar-refractivity contribution in [3.05, 3.63) is 68.5 Å². The van der Waals surface area contributed by atoms with Gasteiger partial charge >= 0.3 is 0 Å². The molecule has 0 radical (unpaired) electrons. The minimum atomic E-state index is -0.151. The van der Waals surface area contributed by atoms with Crippen molar-refractivity contribution in [2.45, 2.75) is 6.92 Å². The predicted molar refractivity (Wildman–Crippen MR) is 103 cm³/mol. The Labute approximate surface area is 154 Å². The van der Waals surface area contributed by atoms with E-state index in [9.17, 15) is 4.79 Å². The van der Waals surface area contributed by atoms with Crippen LogP contribution in [0, 0.1) is 6.92 Å². The maximum Gasteiger partial charge on any atom is 0.270 e. The lowest BCUT2D eigenvalue weighted by Gasteiger charge is -2.14. The number of amides is 1. The third-order valence-electron chi connectivity index (χ3n) is 3.32. The van der Waals surface area contributed by atoms with E-state index in [4.69, 9.17) is 35.4 Å². The van der Waals surface area contributed by atoms with E-state index in [0.29, 0.717) is 24.8 Å². The van der Waals surface area contributed by atoms with E-state index in [1.165, 1.54) is 16.7 Å². The normalized spacial score (nSPS) is 16.5. The summed E-state index contributed by atoms with van der Waals surface area (Å²) in [6, 6.07) is 13.0. The van der Waals surface area contributed by atoms with Crippen LogP contribution < -0.4 is 4.90 Å². The summed E-state index contributed by atoms with van der Waals surface area (Å²) in [4.78, 5) is 14.8. The number of thiocarbonyl (C=S) groups is 1. The zero-order valence-corrected chi connectivity index (χ0v) is 15.2. The molecule has 23 heavy (non-hydrogen) atoms. The van der Waals surface area contributed by atoms with Crippen molar-refractivity contribution < 1.29 is 4.79 Å². The lowest BCUT2D eigenvalue weighted by molar-refractivity contribution is -0.113. The highest BCUT2D eigenvalue weighted by atomic mass is 35.5. The Morgan fingerprint density at radius 1 is 1.17 bits per heavy atom. The smallest absolute Gasteiger partial charge is 0.268 e. The summed E-state index contributed by atoms with van der Waals surface area (Å²) < 4.78 is 0.505. The lowest BCUT2D eigenvalue weighted by atomic mass is 10.2. The van der Waals surface area contributed by atoms with Crippen molar-refractivity contribution in [1.82, 2.24) is 0 Å². The SMILES string of the molecule is Cc1cccc(N2C(=O)/C(=C/c3cccc(Cl)c3Cl)SC2=S)c1. The Hall–Kier alpha value is -1.33. The number of carbonyl (C=O) groups is 1. The Morgan fingerprint density at radius 2 is 1.91 bits per heavy atom. The number of benzene rings is 2. The molecule has 1 fully saturated rings. The molecule has 0 aromatic heterocycles. The molecule has 0 saturated carbocycles. The number of anilines is 1. The molecule has 3 rings (SSSR count). The van der Waals surface area contributed by atoms with E-state index < -0.39 is 0 Å². The van der Waals surface area contributed by atoms with Crippen molar-refractivity contribution in [2.24, 2.45) is 0 Å². The van der Waals surface area contributed by atoms with Gasteiger partial charge in [-0.25, -0.2) is 0 Å². The zero-order chi connectivity index (χ0) is 16.6. The summed E-state index contributed by atoms with van der Waals surface area (Å²) in [5.41, 5.74) is 2.54. The van der Waals surface area contributed by atoms with E-state index in [0.717, 1.165) is 11.3 Å². The molecular formula is C17H11Cl2NOS2. The van der Waals surface area contributed by atoms with Crippen LogP contribution in [-0.2, 0) is 4.79 Å². The van der Waals surface area contributed by atoms with Crippen LogP contribution in [0.4, 0.5) is 5.69 Å². The fourth-order valence-electron chi connectivity index (χ4n) is 2.23. The van der Waals surface area contributed by atoms with Gasteiger partial charge in [0.05, 0.1) is 20.6 Å². The maximum atomic E-state index is 12.7. The molecule has 2 nitrogen and oxygen atoms in total. The van der Waals surface area contributed by atoms with Crippen LogP contribution >= 0.6 is 47.2 Å². The van der Waals surface area contributed by atoms with Crippen LogP contribution in [0.1, 0.15) is 11.1 Å². The van der Waals surface area contributed by atoms with Gasteiger partial charge in [0.2, 0.25) is 0 Å². The van der Waals surface area contributed by atoms with Crippen molar-refractivity contribution in [1.29, 1.82) is 0 Å². The van der Waals surface area contributed by atoms with Gasteiger partial charge in [-0.15, -0.1) is 0 Å². The van der Waals surface area contributed by atoms with Gasteiger partial charge in [0.25, 0.3) is 5.91 Å². The molecule has 1 aliphatic rings. The third-order valence-corrected chi connectivity index (χ3v) is 5.46. The summed E-state index contributed by atoms with van der Waals surface area (Å²) in [7, 11) is 0. The van der Waals surface area contributed by atoms with E-state index >= 15 is 0 Å². The molecule has 116 valence electrons. The molecule has 6 heteroatoms. The first-order valence-electron chi connectivity index (χ1n) is 6.76. The molecule has 0 atom stereocenters. The number of rotatable bonds is 2. The number of hydrogen-bond acceptors (Lipinski definition) is 3. The minimum absolute atomic E-state index is 0.151. The van der Waals surface area contributed by atoms with Gasteiger partial charge in [-0.3, -0.25) is 9.69 Å². The summed E-state index contributed by atoms with van der Waals surface area (Å²) in [5, 5.41) is 0.879. The Morgan fingerprint density at radius 3 is 2.65 bits per heavy atom. The molecule has 1 amide bonds. The van der Waals surface area contributed by atoms with Crippen LogP contribution in [0.15, 0.2) is 47.4 Å². The molecule has 0 N–H and O–H groups in total. The fraction of sp³-hybridized carbons (Fsp3) is 0.0588. The van der Waals surface area contributed by atoms with Crippen LogP contribution in [0.25, 0.3) is 6.08 Å². The molecule has 0 bridgehead atoms. The summed E-state index contributed by atoms with van der Waals surface area (Å²) >= 11 is 18.8. The molecule has 0 unspecified atom stereocenters. The van der Waals surface area contributed by atoms with Gasteiger partial charge in [0.15, 0.2) is 4.32 Å². The third kappa shape index (κ3) is 3.31. The molecule has 1 saturated heterocycles. The van der Waals surface area contributed by atoms with Crippen molar-refractivity contribution in [2.75, 3.05) is 4.90 Å². The number of aryl methyl sites for hydroxylation is 1. The van der Waals surface area contributed by atoms with Gasteiger partial charge in [-0.2, -0.15) is 0 Å². The zero-order valence-electron chi connectivity index (χ0n) is 12.0. The first kappa shape index (κ1) is 16.5. The van der Waals surface area contributed by atoms with E-state index in [1.807, 2.05) is 37.3 Å². The molecular weight excluding hydrogens is 369 g/mol. The second kappa shape index (κ2) is 6.65. The first-order valence-corrected chi connectivity index (χ1v) is 8.74. The van der Waals surface area contributed by atoms with Crippen LogP contribution in [0.3, 0.4) is 0 Å². The fourth-order valence-corrected chi connectivity index (χ4v) is 3.88. The molecule has 2 aromatic carbocycles. The molecule has 0 spiro atoms. The highest BCUT2D eigenvalue weighted by Crippen LogP contribution is 2.37. The second-order valence-corrected chi connectivity index (χ2v) is 7.46. The average Bonchev–Trinajstić information content (AvgIpc) is 2.78. The van der Waals surface area contributed by atoms with Crippen molar-refractivity contribution in [3.8, 4) is 0 Å². The molecule has 1 heterocycles. The van der Waals surface area contributed by atoms with Gasteiger partial charge in [0.1, 0.15) is 0 Å². The Kier molecular flexibility index (Phi) is 4.78. The Bertz CT molecular complexity index is 848. The number of hydrogen-bond donors (Lipinski definition) is 0. The number of carbonyl (C=O) groups excluding carboxylic acids is 1. The largest absolute Gasteiger partial charge is 0.270 e. The van der Waals surface area contributed by atoms with Crippen LogP contribution in [0.5, 0.6) is 0 Å². The van der Waals surface area contributed by atoms with Crippen LogP contribution in [0.2, 0.25) is 10.0 Å². The quantitative estimate of drug-likeness (QED) is 0.492. The summed E-state index contributed by atoms with van der Waals surface area (Å²) in [6.45, 7) is 1.97. The van der Waals surface area contributed by atoms with E-state index in [-0.39, 0.29) is 5.91 Å². The van der Waals surface area contributed by atoms with Crippen molar-refractivity contribution in [3.63, 3.8) is 0 Å². The van der Waals surface area contributed by atoms with Crippen molar-refractivity contribution >= 4 is 69.2 Å². The Balaban J connectivity index is 1.98. The predicted octanol–water partition coefficient (Wildman–Crippen LogP) is 5.71. The maximum absolute atomic E-state index is 12.7. The minimum Gasteiger partial charge on any atom is -0.268 e. The number of thioether (sulfide) groups is 1. The van der Waals surface area contributed by atoms with E-state index in [2.05, 4.69) is 0 Å². The molecule has 2 aromatic rings. The number of halogens is 2. The highest BCUT2D eigenvalue weighted by Gasteiger charge is 2.33. The average molecular weight is 380 g/mol. The summed E-state index contributed by atoms with van der Waals surface area (Å²) in [6.07, 6.45) is 1.73. The monoisotopic (exact) mass is 379 g/mol. The first-order chi connectivity index (χ1) is 11.0. The molecule has 1 aliphatic heterocycles. The van der Waals surface area contributed by atoms with Gasteiger partial charge in [0, 0.05) is 0 Å². The molecule has 0 aliphatic carbocycles. The lowest BCUT2D eigenvalue weighted by Crippen LogP contribution is -2.27.